The van der Waals surface area contributed by atoms with Gasteiger partial charge >= 0.3 is 0 Å². The monoisotopic (exact) mass is 219 g/mol. The van der Waals surface area contributed by atoms with Crippen LogP contribution in [0.1, 0.15) is 58.3 Å². The summed E-state index contributed by atoms with van der Waals surface area (Å²) in [7, 11) is 0. The predicted molar refractivity (Wildman–Crippen MR) is 64.1 cm³/mol. The van der Waals surface area contributed by atoms with Crippen LogP contribution in [0.4, 0.5) is 0 Å². The Morgan fingerprint density at radius 2 is 1.50 bits per heavy atom. The minimum atomic E-state index is 0.297. The molecule has 0 aromatic rings. The number of rotatable bonds is 0. The fraction of sp³-hybridized carbons (Fsp3) is 0.786. The van der Waals surface area contributed by atoms with Gasteiger partial charge in [0.05, 0.1) is 12.1 Å². The van der Waals surface area contributed by atoms with Crippen LogP contribution in [0.15, 0.2) is 11.1 Å². The van der Waals surface area contributed by atoms with Crippen molar-refractivity contribution in [2.24, 2.45) is 0 Å². The standard InChI is InChI=1S/C14H21NO/c1-10(16)15-13-8-4-2-6-11(13)12-7-3-5-9-14(12)15/h13-14H,2-9H2,1H3/t13-,14-/m0/s1. The highest BCUT2D eigenvalue weighted by atomic mass is 16.2. The van der Waals surface area contributed by atoms with E-state index in [4.69, 9.17) is 0 Å². The zero-order valence-corrected chi connectivity index (χ0v) is 10.2. The Labute approximate surface area is 97.7 Å². The highest BCUT2D eigenvalue weighted by molar-refractivity contribution is 5.76. The Hall–Kier alpha value is -0.790. The fourth-order valence-electron chi connectivity index (χ4n) is 4.01. The van der Waals surface area contributed by atoms with Crippen molar-refractivity contribution in [1.82, 2.24) is 4.90 Å². The van der Waals surface area contributed by atoms with Gasteiger partial charge in [0.25, 0.3) is 0 Å². The number of amides is 1. The average molecular weight is 219 g/mol. The molecule has 88 valence electrons. The molecular weight excluding hydrogens is 198 g/mol. The van der Waals surface area contributed by atoms with Crippen molar-refractivity contribution < 1.29 is 4.79 Å². The predicted octanol–water partition coefficient (Wildman–Crippen LogP) is 3.03. The molecule has 3 rings (SSSR count). The first-order chi connectivity index (χ1) is 7.79. The van der Waals surface area contributed by atoms with E-state index in [1.165, 1.54) is 51.4 Å². The average Bonchev–Trinajstić information content (AvgIpc) is 2.63. The van der Waals surface area contributed by atoms with Crippen LogP contribution in [0.5, 0.6) is 0 Å². The van der Waals surface area contributed by atoms with Crippen LogP contribution in [0, 0.1) is 0 Å². The summed E-state index contributed by atoms with van der Waals surface area (Å²) < 4.78 is 0. The summed E-state index contributed by atoms with van der Waals surface area (Å²) in [6.45, 7) is 1.75. The van der Waals surface area contributed by atoms with Crippen molar-refractivity contribution in [3.05, 3.63) is 11.1 Å². The lowest BCUT2D eigenvalue weighted by atomic mass is 9.84. The lowest BCUT2D eigenvalue weighted by Gasteiger charge is -2.34. The van der Waals surface area contributed by atoms with E-state index in [0.717, 1.165) is 0 Å². The van der Waals surface area contributed by atoms with E-state index in [1.54, 1.807) is 18.1 Å². The molecule has 0 radical (unpaired) electrons. The first-order valence-corrected chi connectivity index (χ1v) is 6.80. The van der Waals surface area contributed by atoms with Gasteiger partial charge < -0.3 is 4.90 Å². The molecule has 1 aliphatic heterocycles. The molecule has 2 atom stereocenters. The van der Waals surface area contributed by atoms with Gasteiger partial charge in [0.1, 0.15) is 0 Å². The molecule has 2 saturated carbocycles. The smallest absolute Gasteiger partial charge is 0.220 e. The molecule has 2 aliphatic carbocycles. The molecule has 3 aliphatic rings. The van der Waals surface area contributed by atoms with Gasteiger partial charge in [-0.25, -0.2) is 0 Å². The SMILES string of the molecule is CC(=O)N1[C@H]2CCCCC2=C2CCCC[C@@H]21. The summed E-state index contributed by atoms with van der Waals surface area (Å²) in [4.78, 5) is 14.1. The van der Waals surface area contributed by atoms with Gasteiger partial charge in [-0.3, -0.25) is 4.79 Å². The number of hydrogen-bond acceptors (Lipinski definition) is 1. The van der Waals surface area contributed by atoms with Crippen molar-refractivity contribution in [2.45, 2.75) is 70.4 Å². The maximum absolute atomic E-state index is 11.9. The maximum Gasteiger partial charge on any atom is 0.220 e. The molecule has 16 heavy (non-hydrogen) atoms. The van der Waals surface area contributed by atoms with Crippen LogP contribution in [0.3, 0.4) is 0 Å². The molecular formula is C14H21NO. The van der Waals surface area contributed by atoms with Crippen LogP contribution >= 0.6 is 0 Å². The van der Waals surface area contributed by atoms with Crippen molar-refractivity contribution in [2.75, 3.05) is 0 Å². The molecule has 0 bridgehead atoms. The second kappa shape index (κ2) is 3.90. The molecule has 0 spiro atoms. The Kier molecular flexibility index (Phi) is 2.53. The van der Waals surface area contributed by atoms with Crippen LogP contribution in [-0.4, -0.2) is 22.9 Å². The molecule has 0 saturated heterocycles. The number of hydrogen-bond donors (Lipinski definition) is 0. The fourth-order valence-corrected chi connectivity index (χ4v) is 4.01. The second-order valence-electron chi connectivity index (χ2n) is 5.50. The van der Waals surface area contributed by atoms with Gasteiger partial charge in [-0.15, -0.1) is 0 Å². The molecule has 1 amide bonds. The van der Waals surface area contributed by atoms with Gasteiger partial charge in [-0.1, -0.05) is 12.8 Å². The zero-order valence-electron chi connectivity index (χ0n) is 10.2. The minimum Gasteiger partial charge on any atom is -0.330 e. The summed E-state index contributed by atoms with van der Waals surface area (Å²) >= 11 is 0. The zero-order chi connectivity index (χ0) is 11.1. The third-order valence-corrected chi connectivity index (χ3v) is 4.60. The maximum atomic E-state index is 11.9. The summed E-state index contributed by atoms with van der Waals surface area (Å²) in [5.74, 6) is 0.297. The molecule has 1 heterocycles. The quantitative estimate of drug-likeness (QED) is 0.573. The van der Waals surface area contributed by atoms with Gasteiger partial charge in [-0.05, 0) is 49.7 Å². The van der Waals surface area contributed by atoms with E-state index < -0.39 is 0 Å². The third-order valence-electron chi connectivity index (χ3n) is 4.60. The van der Waals surface area contributed by atoms with Gasteiger partial charge in [-0.2, -0.15) is 0 Å². The van der Waals surface area contributed by atoms with Crippen molar-refractivity contribution in [1.29, 1.82) is 0 Å². The van der Waals surface area contributed by atoms with Gasteiger partial charge in [0.15, 0.2) is 0 Å². The lowest BCUT2D eigenvalue weighted by Crippen LogP contribution is -2.43. The number of carbonyl (C=O) groups is 1. The molecule has 2 heteroatoms. The normalized spacial score (nSPS) is 33.7. The summed E-state index contributed by atoms with van der Waals surface area (Å²) in [5.41, 5.74) is 3.32. The minimum absolute atomic E-state index is 0.297. The number of carbonyl (C=O) groups excluding carboxylic acids is 1. The highest BCUT2D eigenvalue weighted by Crippen LogP contribution is 2.44. The first-order valence-electron chi connectivity index (χ1n) is 6.80. The van der Waals surface area contributed by atoms with E-state index >= 15 is 0 Å². The summed E-state index contributed by atoms with van der Waals surface area (Å²) in [5, 5.41) is 0. The molecule has 2 fully saturated rings. The Morgan fingerprint density at radius 1 is 1.00 bits per heavy atom. The Bertz CT molecular complexity index is 319. The molecule has 0 N–H and O–H groups in total. The van der Waals surface area contributed by atoms with Gasteiger partial charge in [0, 0.05) is 6.92 Å². The first kappa shape index (κ1) is 10.4. The number of nitrogens with zero attached hydrogens (tertiary/aromatic N) is 1. The van der Waals surface area contributed by atoms with E-state index in [1.807, 2.05) is 0 Å². The topological polar surface area (TPSA) is 20.3 Å². The van der Waals surface area contributed by atoms with Crippen LogP contribution in [0.25, 0.3) is 0 Å². The second-order valence-corrected chi connectivity index (χ2v) is 5.50. The van der Waals surface area contributed by atoms with Crippen LogP contribution < -0.4 is 0 Å². The Morgan fingerprint density at radius 3 is 1.94 bits per heavy atom. The van der Waals surface area contributed by atoms with Crippen LogP contribution in [0.2, 0.25) is 0 Å². The van der Waals surface area contributed by atoms with E-state index in [-0.39, 0.29) is 0 Å². The highest BCUT2D eigenvalue weighted by Gasteiger charge is 2.42. The summed E-state index contributed by atoms with van der Waals surface area (Å²) in [6.07, 6.45) is 10.3. The van der Waals surface area contributed by atoms with E-state index in [9.17, 15) is 4.79 Å². The van der Waals surface area contributed by atoms with Crippen molar-refractivity contribution >= 4 is 5.91 Å². The van der Waals surface area contributed by atoms with E-state index in [0.29, 0.717) is 18.0 Å². The van der Waals surface area contributed by atoms with Crippen molar-refractivity contribution in [3.63, 3.8) is 0 Å². The number of fused-ring (bicyclic) bond motifs is 2. The molecule has 2 nitrogen and oxygen atoms in total. The van der Waals surface area contributed by atoms with Crippen molar-refractivity contribution in [3.8, 4) is 0 Å². The molecule has 0 unspecified atom stereocenters. The molecule has 0 aromatic heterocycles. The molecule has 0 aromatic carbocycles. The van der Waals surface area contributed by atoms with E-state index in [2.05, 4.69) is 4.90 Å². The van der Waals surface area contributed by atoms with Crippen LogP contribution in [-0.2, 0) is 4.79 Å². The third kappa shape index (κ3) is 1.42. The summed E-state index contributed by atoms with van der Waals surface area (Å²) in [6, 6.07) is 0.980. The lowest BCUT2D eigenvalue weighted by molar-refractivity contribution is -0.132. The Balaban J connectivity index is 1.97. The largest absolute Gasteiger partial charge is 0.330 e. The van der Waals surface area contributed by atoms with Gasteiger partial charge in [0.2, 0.25) is 5.91 Å².